The number of methoxy groups -OCH3 is 2. The van der Waals surface area contributed by atoms with Crippen LogP contribution in [0.1, 0.15) is 27.0 Å². The van der Waals surface area contributed by atoms with Crippen molar-refractivity contribution in [2.24, 2.45) is 5.10 Å². The van der Waals surface area contributed by atoms with Crippen LogP contribution in [0.25, 0.3) is 0 Å². The number of carbonyl (C=O) groups excluding carboxylic acids is 1. The van der Waals surface area contributed by atoms with Gasteiger partial charge in [0.05, 0.1) is 20.4 Å². The highest BCUT2D eigenvalue weighted by Gasteiger charge is 2.09. The Balaban J connectivity index is 2.08. The lowest BCUT2D eigenvalue weighted by Gasteiger charge is -2.08. The number of rotatable bonds is 5. The maximum atomic E-state index is 12.1. The number of aryl methyl sites for hydroxylation is 2. The van der Waals surface area contributed by atoms with Gasteiger partial charge in [0, 0.05) is 5.56 Å². The van der Waals surface area contributed by atoms with E-state index in [1.165, 1.54) is 12.7 Å². The van der Waals surface area contributed by atoms with E-state index in [9.17, 15) is 4.79 Å². The SMILES string of the molecule is COc1ccc(C(=O)N/N=C/c2ccc(C)cc2C)cc1OC. The van der Waals surface area contributed by atoms with Crippen molar-refractivity contribution in [3.63, 3.8) is 0 Å². The van der Waals surface area contributed by atoms with Gasteiger partial charge in [0.2, 0.25) is 0 Å². The number of hydrogen-bond acceptors (Lipinski definition) is 4. The number of hydrazone groups is 1. The van der Waals surface area contributed by atoms with Crippen LogP contribution in [0.15, 0.2) is 41.5 Å². The number of nitrogens with one attached hydrogen (secondary N) is 1. The van der Waals surface area contributed by atoms with Crippen LogP contribution in [-0.4, -0.2) is 26.3 Å². The minimum atomic E-state index is -0.313. The standard InChI is InChI=1S/C18H20N2O3/c1-12-5-6-15(13(2)9-12)11-19-20-18(21)14-7-8-16(22-3)17(10-14)23-4/h5-11H,1-4H3,(H,20,21)/b19-11+. The van der Waals surface area contributed by atoms with Crippen LogP contribution >= 0.6 is 0 Å². The molecule has 0 saturated carbocycles. The second-order valence-electron chi connectivity index (χ2n) is 5.13. The molecule has 1 N–H and O–H groups in total. The van der Waals surface area contributed by atoms with Crippen LogP contribution < -0.4 is 14.9 Å². The van der Waals surface area contributed by atoms with Gasteiger partial charge in [-0.3, -0.25) is 4.79 Å². The molecule has 0 atom stereocenters. The van der Waals surface area contributed by atoms with Crippen LogP contribution in [0.4, 0.5) is 0 Å². The maximum absolute atomic E-state index is 12.1. The van der Waals surface area contributed by atoms with Gasteiger partial charge in [-0.2, -0.15) is 5.10 Å². The van der Waals surface area contributed by atoms with E-state index in [1.807, 2.05) is 26.0 Å². The summed E-state index contributed by atoms with van der Waals surface area (Å²) in [7, 11) is 3.07. The quantitative estimate of drug-likeness (QED) is 0.682. The van der Waals surface area contributed by atoms with Crippen LogP contribution in [-0.2, 0) is 0 Å². The Hall–Kier alpha value is -2.82. The highest BCUT2D eigenvalue weighted by atomic mass is 16.5. The summed E-state index contributed by atoms with van der Waals surface area (Å²) in [4.78, 5) is 12.1. The van der Waals surface area contributed by atoms with E-state index < -0.39 is 0 Å². The molecule has 2 rings (SSSR count). The summed E-state index contributed by atoms with van der Waals surface area (Å²) in [6, 6.07) is 11.0. The monoisotopic (exact) mass is 312 g/mol. The second kappa shape index (κ2) is 7.45. The molecule has 0 heterocycles. The minimum absolute atomic E-state index is 0.313. The third-order valence-corrected chi connectivity index (χ3v) is 3.44. The summed E-state index contributed by atoms with van der Waals surface area (Å²) >= 11 is 0. The zero-order valence-corrected chi connectivity index (χ0v) is 13.7. The van der Waals surface area contributed by atoms with Crippen LogP contribution in [0, 0.1) is 13.8 Å². The van der Waals surface area contributed by atoms with Gasteiger partial charge in [-0.05, 0) is 43.2 Å². The lowest BCUT2D eigenvalue weighted by Crippen LogP contribution is -2.17. The summed E-state index contributed by atoms with van der Waals surface area (Å²) in [5, 5.41) is 4.01. The Bertz CT molecular complexity index is 739. The largest absolute Gasteiger partial charge is 0.493 e. The molecule has 0 aliphatic rings. The molecule has 0 bridgehead atoms. The molecule has 0 aromatic heterocycles. The van der Waals surface area contributed by atoms with Crippen molar-refractivity contribution >= 4 is 12.1 Å². The molecular weight excluding hydrogens is 292 g/mol. The molecule has 1 amide bonds. The van der Waals surface area contributed by atoms with Crippen molar-refractivity contribution in [2.45, 2.75) is 13.8 Å². The number of ether oxygens (including phenoxy) is 2. The number of hydrogen-bond donors (Lipinski definition) is 1. The lowest BCUT2D eigenvalue weighted by molar-refractivity contribution is 0.0954. The fourth-order valence-corrected chi connectivity index (χ4v) is 2.17. The van der Waals surface area contributed by atoms with Crippen molar-refractivity contribution in [2.75, 3.05) is 14.2 Å². The molecule has 120 valence electrons. The first kappa shape index (κ1) is 16.5. The Kier molecular flexibility index (Phi) is 5.36. The van der Waals surface area contributed by atoms with Gasteiger partial charge in [-0.1, -0.05) is 23.8 Å². The molecule has 2 aromatic rings. The van der Waals surface area contributed by atoms with E-state index in [0.29, 0.717) is 17.1 Å². The molecule has 5 heteroatoms. The third kappa shape index (κ3) is 4.10. The Labute approximate surface area is 135 Å². The average Bonchev–Trinajstić information content (AvgIpc) is 2.56. The maximum Gasteiger partial charge on any atom is 0.271 e. The minimum Gasteiger partial charge on any atom is -0.493 e. The van der Waals surface area contributed by atoms with Gasteiger partial charge in [-0.15, -0.1) is 0 Å². The fourth-order valence-electron chi connectivity index (χ4n) is 2.17. The molecule has 0 aliphatic heterocycles. The van der Waals surface area contributed by atoms with E-state index in [2.05, 4.69) is 16.6 Å². The lowest BCUT2D eigenvalue weighted by atomic mass is 10.1. The van der Waals surface area contributed by atoms with Gasteiger partial charge in [0.15, 0.2) is 11.5 Å². The number of amides is 1. The first-order valence-electron chi connectivity index (χ1n) is 7.18. The zero-order chi connectivity index (χ0) is 16.8. The molecule has 0 saturated heterocycles. The van der Waals surface area contributed by atoms with Crippen LogP contribution in [0.3, 0.4) is 0 Å². The van der Waals surface area contributed by atoms with Crippen molar-refractivity contribution in [1.29, 1.82) is 0 Å². The first-order valence-corrected chi connectivity index (χ1v) is 7.18. The molecule has 5 nitrogen and oxygen atoms in total. The molecule has 0 aliphatic carbocycles. The smallest absolute Gasteiger partial charge is 0.271 e. The van der Waals surface area contributed by atoms with Crippen LogP contribution in [0.5, 0.6) is 11.5 Å². The molecule has 2 aromatic carbocycles. The summed E-state index contributed by atoms with van der Waals surface area (Å²) in [6.45, 7) is 4.04. The number of carbonyl (C=O) groups is 1. The Morgan fingerprint density at radius 3 is 2.43 bits per heavy atom. The van der Waals surface area contributed by atoms with Crippen molar-refractivity contribution in [3.8, 4) is 11.5 Å². The van der Waals surface area contributed by atoms with Crippen molar-refractivity contribution < 1.29 is 14.3 Å². The highest BCUT2D eigenvalue weighted by molar-refractivity contribution is 5.95. The van der Waals surface area contributed by atoms with Crippen molar-refractivity contribution in [3.05, 3.63) is 58.7 Å². The second-order valence-corrected chi connectivity index (χ2v) is 5.13. The topological polar surface area (TPSA) is 59.9 Å². The predicted octanol–water partition coefficient (Wildman–Crippen LogP) is 3.08. The fraction of sp³-hybridized carbons (Fsp3) is 0.222. The van der Waals surface area contributed by atoms with Gasteiger partial charge >= 0.3 is 0 Å². The van der Waals surface area contributed by atoms with Gasteiger partial charge in [0.25, 0.3) is 5.91 Å². The first-order chi connectivity index (χ1) is 11.0. The molecule has 23 heavy (non-hydrogen) atoms. The van der Waals surface area contributed by atoms with Gasteiger partial charge < -0.3 is 9.47 Å². The van der Waals surface area contributed by atoms with Gasteiger partial charge in [-0.25, -0.2) is 5.43 Å². The van der Waals surface area contributed by atoms with E-state index in [0.717, 1.165) is 11.1 Å². The Morgan fingerprint density at radius 1 is 1.04 bits per heavy atom. The predicted molar refractivity (Wildman–Crippen MR) is 90.5 cm³/mol. The Morgan fingerprint density at radius 2 is 1.78 bits per heavy atom. The highest BCUT2D eigenvalue weighted by Crippen LogP contribution is 2.27. The third-order valence-electron chi connectivity index (χ3n) is 3.44. The zero-order valence-electron chi connectivity index (χ0n) is 13.7. The van der Waals surface area contributed by atoms with E-state index in [-0.39, 0.29) is 5.91 Å². The molecule has 0 radical (unpaired) electrons. The molecule has 0 unspecified atom stereocenters. The number of nitrogens with zero attached hydrogens (tertiary/aromatic N) is 1. The number of benzene rings is 2. The van der Waals surface area contributed by atoms with Crippen molar-refractivity contribution in [1.82, 2.24) is 5.43 Å². The molecule has 0 fully saturated rings. The normalized spacial score (nSPS) is 10.6. The van der Waals surface area contributed by atoms with E-state index in [1.54, 1.807) is 31.5 Å². The van der Waals surface area contributed by atoms with Gasteiger partial charge in [0.1, 0.15) is 0 Å². The average molecular weight is 312 g/mol. The van der Waals surface area contributed by atoms with E-state index in [4.69, 9.17) is 9.47 Å². The summed E-state index contributed by atoms with van der Waals surface area (Å²) in [5.74, 6) is 0.758. The summed E-state index contributed by atoms with van der Waals surface area (Å²) in [6.07, 6.45) is 1.63. The summed E-state index contributed by atoms with van der Waals surface area (Å²) in [5.41, 5.74) is 6.21. The summed E-state index contributed by atoms with van der Waals surface area (Å²) < 4.78 is 10.3. The molecular formula is C18H20N2O3. The van der Waals surface area contributed by atoms with Crippen LogP contribution in [0.2, 0.25) is 0 Å². The molecule has 0 spiro atoms. The van der Waals surface area contributed by atoms with E-state index >= 15 is 0 Å².